The first-order valence-corrected chi connectivity index (χ1v) is 5.94. The summed E-state index contributed by atoms with van der Waals surface area (Å²) in [6.07, 6.45) is 0. The Kier molecular flexibility index (Phi) is 3.09. The fourth-order valence-corrected chi connectivity index (χ4v) is 2.32. The Morgan fingerprint density at radius 1 is 1.38 bits per heavy atom. The van der Waals surface area contributed by atoms with Crippen LogP contribution < -0.4 is 11.3 Å². The van der Waals surface area contributed by atoms with Gasteiger partial charge in [-0.25, -0.2) is 15.8 Å². The fraction of sp³-hybridized carbons (Fsp3) is 0.200. The molecule has 0 atom stereocenters. The van der Waals surface area contributed by atoms with Crippen LogP contribution in [0.3, 0.4) is 0 Å². The second-order valence-electron chi connectivity index (χ2n) is 3.38. The molecule has 0 saturated carbocycles. The molecule has 84 valence electrons. The van der Waals surface area contributed by atoms with E-state index in [0.717, 1.165) is 16.1 Å². The highest BCUT2D eigenvalue weighted by molar-refractivity contribution is 7.14. The maximum atomic E-state index is 5.87. The predicted octanol–water partition coefficient (Wildman–Crippen LogP) is 2.76. The van der Waals surface area contributed by atoms with Gasteiger partial charge in [-0.15, -0.1) is 11.3 Å². The lowest BCUT2D eigenvalue weighted by atomic mass is 10.2. The smallest absolute Gasteiger partial charge is 0.171 e. The molecular weight excluding hydrogens is 244 g/mol. The number of thiophene rings is 1. The zero-order valence-corrected chi connectivity index (χ0v) is 10.5. The molecule has 0 aromatic carbocycles. The molecule has 0 fully saturated rings. The number of nitrogen functional groups attached to an aromatic ring is 1. The van der Waals surface area contributed by atoms with Gasteiger partial charge in [0, 0.05) is 16.6 Å². The molecule has 2 heterocycles. The van der Waals surface area contributed by atoms with Crippen molar-refractivity contribution in [1.29, 1.82) is 0 Å². The zero-order chi connectivity index (χ0) is 11.7. The van der Waals surface area contributed by atoms with Crippen molar-refractivity contribution >= 4 is 28.8 Å². The minimum atomic E-state index is 0.645. The van der Waals surface area contributed by atoms with Crippen molar-refractivity contribution in [2.24, 2.45) is 5.84 Å². The normalized spacial score (nSPS) is 10.5. The van der Waals surface area contributed by atoms with Gasteiger partial charge < -0.3 is 5.43 Å². The highest BCUT2D eigenvalue weighted by Crippen LogP contribution is 2.28. The van der Waals surface area contributed by atoms with E-state index in [2.05, 4.69) is 15.4 Å². The van der Waals surface area contributed by atoms with Gasteiger partial charge in [-0.05, 0) is 19.9 Å². The van der Waals surface area contributed by atoms with Gasteiger partial charge in [-0.3, -0.25) is 0 Å². The summed E-state index contributed by atoms with van der Waals surface area (Å²) in [5.74, 6) is 6.70. The average Bonchev–Trinajstić information content (AvgIpc) is 2.69. The number of halogens is 1. The summed E-state index contributed by atoms with van der Waals surface area (Å²) in [5.41, 5.74) is 4.43. The Morgan fingerprint density at radius 3 is 2.69 bits per heavy atom. The van der Waals surface area contributed by atoms with E-state index in [4.69, 9.17) is 17.4 Å². The third-order valence-electron chi connectivity index (χ3n) is 2.31. The van der Waals surface area contributed by atoms with Crippen LogP contribution in [0.2, 0.25) is 5.02 Å². The number of aromatic nitrogens is 2. The minimum Gasteiger partial charge on any atom is -0.308 e. The van der Waals surface area contributed by atoms with Gasteiger partial charge in [-0.1, -0.05) is 11.6 Å². The summed E-state index contributed by atoms with van der Waals surface area (Å²) in [5, 5.41) is 2.55. The van der Waals surface area contributed by atoms with Gasteiger partial charge in [0.1, 0.15) is 5.82 Å². The lowest BCUT2D eigenvalue weighted by Gasteiger charge is -2.08. The van der Waals surface area contributed by atoms with Gasteiger partial charge in [0.15, 0.2) is 5.82 Å². The lowest BCUT2D eigenvalue weighted by molar-refractivity contribution is 1.06. The molecule has 3 N–H and O–H groups in total. The van der Waals surface area contributed by atoms with Crippen molar-refractivity contribution in [2.45, 2.75) is 13.8 Å². The first-order chi connectivity index (χ1) is 7.61. The predicted molar refractivity (Wildman–Crippen MR) is 67.6 cm³/mol. The van der Waals surface area contributed by atoms with Gasteiger partial charge in [0.05, 0.1) is 9.90 Å². The summed E-state index contributed by atoms with van der Waals surface area (Å²) in [4.78, 5) is 9.68. The van der Waals surface area contributed by atoms with E-state index in [1.54, 1.807) is 0 Å². The van der Waals surface area contributed by atoms with Gasteiger partial charge >= 0.3 is 0 Å². The van der Waals surface area contributed by atoms with Crippen molar-refractivity contribution < 1.29 is 0 Å². The molecule has 0 amide bonds. The molecule has 0 aliphatic carbocycles. The molecule has 0 unspecified atom stereocenters. The second-order valence-corrected chi connectivity index (χ2v) is 4.73. The van der Waals surface area contributed by atoms with Crippen molar-refractivity contribution in [3.63, 3.8) is 0 Å². The quantitative estimate of drug-likeness (QED) is 0.639. The van der Waals surface area contributed by atoms with Crippen molar-refractivity contribution in [1.82, 2.24) is 9.97 Å². The maximum Gasteiger partial charge on any atom is 0.171 e. The van der Waals surface area contributed by atoms with E-state index in [1.165, 1.54) is 11.3 Å². The molecule has 6 heteroatoms. The van der Waals surface area contributed by atoms with Crippen LogP contribution in [0, 0.1) is 13.8 Å². The Bertz CT molecular complexity index is 524. The summed E-state index contributed by atoms with van der Waals surface area (Å²) in [6, 6.07) is 1.84. The van der Waals surface area contributed by atoms with Gasteiger partial charge in [-0.2, -0.15) is 0 Å². The number of hydrazine groups is 1. The van der Waals surface area contributed by atoms with Crippen LogP contribution in [0.5, 0.6) is 0 Å². The standard InChI is InChI=1S/C10H11ClN4S/c1-5-6(2)13-10(14-9(5)15-12)8-3-7(11)4-16-8/h3-4H,12H2,1-2H3,(H,13,14,15). The van der Waals surface area contributed by atoms with Crippen LogP contribution in [0.4, 0.5) is 5.82 Å². The van der Waals surface area contributed by atoms with Crippen LogP contribution in [0.1, 0.15) is 11.3 Å². The van der Waals surface area contributed by atoms with Crippen LogP contribution in [-0.4, -0.2) is 9.97 Å². The van der Waals surface area contributed by atoms with Crippen molar-refractivity contribution in [2.75, 3.05) is 5.43 Å². The summed E-state index contributed by atoms with van der Waals surface area (Å²) in [6.45, 7) is 3.85. The largest absolute Gasteiger partial charge is 0.308 e. The van der Waals surface area contributed by atoms with E-state index < -0.39 is 0 Å². The first-order valence-electron chi connectivity index (χ1n) is 4.68. The third kappa shape index (κ3) is 2.02. The first kappa shape index (κ1) is 11.3. The Balaban J connectivity index is 2.54. The molecule has 2 aromatic rings. The molecule has 0 aliphatic heterocycles. The number of hydrogen-bond donors (Lipinski definition) is 2. The Labute approximate surface area is 102 Å². The Hall–Kier alpha value is -1.17. The number of aryl methyl sites for hydroxylation is 1. The Morgan fingerprint density at radius 2 is 2.12 bits per heavy atom. The highest BCUT2D eigenvalue weighted by Gasteiger charge is 2.10. The number of rotatable bonds is 2. The molecule has 0 bridgehead atoms. The van der Waals surface area contributed by atoms with Crippen LogP contribution in [0.15, 0.2) is 11.4 Å². The monoisotopic (exact) mass is 254 g/mol. The minimum absolute atomic E-state index is 0.645. The van der Waals surface area contributed by atoms with E-state index >= 15 is 0 Å². The summed E-state index contributed by atoms with van der Waals surface area (Å²) >= 11 is 7.38. The van der Waals surface area contributed by atoms with Crippen LogP contribution >= 0.6 is 22.9 Å². The van der Waals surface area contributed by atoms with Crippen molar-refractivity contribution in [3.8, 4) is 10.7 Å². The third-order valence-corrected chi connectivity index (χ3v) is 3.59. The average molecular weight is 255 g/mol. The summed E-state index contributed by atoms with van der Waals surface area (Å²) < 4.78 is 0. The number of nitrogens with two attached hydrogens (primary N) is 1. The number of nitrogens with zero attached hydrogens (tertiary/aromatic N) is 2. The second kappa shape index (κ2) is 4.37. The van der Waals surface area contributed by atoms with E-state index in [-0.39, 0.29) is 0 Å². The molecule has 4 nitrogen and oxygen atoms in total. The fourth-order valence-electron chi connectivity index (χ4n) is 1.31. The SMILES string of the molecule is Cc1nc(-c2cc(Cl)cs2)nc(NN)c1C. The lowest BCUT2D eigenvalue weighted by Crippen LogP contribution is -2.12. The molecule has 0 spiro atoms. The molecule has 2 rings (SSSR count). The maximum absolute atomic E-state index is 5.87. The zero-order valence-electron chi connectivity index (χ0n) is 8.91. The molecule has 0 radical (unpaired) electrons. The summed E-state index contributed by atoms with van der Waals surface area (Å²) in [7, 11) is 0. The van der Waals surface area contributed by atoms with E-state index in [0.29, 0.717) is 16.7 Å². The highest BCUT2D eigenvalue weighted by atomic mass is 35.5. The molecule has 2 aromatic heterocycles. The van der Waals surface area contributed by atoms with E-state index in [1.807, 2.05) is 25.3 Å². The molecular formula is C10H11ClN4S. The van der Waals surface area contributed by atoms with E-state index in [9.17, 15) is 0 Å². The van der Waals surface area contributed by atoms with Gasteiger partial charge in [0.2, 0.25) is 0 Å². The van der Waals surface area contributed by atoms with Crippen LogP contribution in [-0.2, 0) is 0 Å². The van der Waals surface area contributed by atoms with Gasteiger partial charge in [0.25, 0.3) is 0 Å². The number of hydrogen-bond acceptors (Lipinski definition) is 5. The topological polar surface area (TPSA) is 63.8 Å². The molecule has 0 aliphatic rings. The molecule has 0 saturated heterocycles. The number of anilines is 1. The molecule has 16 heavy (non-hydrogen) atoms. The number of nitrogens with one attached hydrogen (secondary N) is 1. The van der Waals surface area contributed by atoms with Crippen LogP contribution in [0.25, 0.3) is 10.7 Å². The van der Waals surface area contributed by atoms with Crippen molar-refractivity contribution in [3.05, 3.63) is 27.7 Å².